The van der Waals surface area contributed by atoms with Crippen LogP contribution in [-0.4, -0.2) is 25.5 Å². The molecule has 1 amide bonds. The Labute approximate surface area is 122 Å². The topological polar surface area (TPSA) is 41.1 Å². The lowest BCUT2D eigenvalue weighted by atomic mass is 10.1. The van der Waals surface area contributed by atoms with Crippen LogP contribution >= 0.6 is 24.0 Å². The highest BCUT2D eigenvalue weighted by Gasteiger charge is 2.13. The minimum Gasteiger partial charge on any atom is -0.348 e. The van der Waals surface area contributed by atoms with Crippen molar-refractivity contribution in [3.63, 3.8) is 0 Å². The predicted octanol–water partition coefficient (Wildman–Crippen LogP) is 2.55. The van der Waals surface area contributed by atoms with Gasteiger partial charge in [0, 0.05) is 13.1 Å². The van der Waals surface area contributed by atoms with E-state index in [2.05, 4.69) is 16.7 Å². The van der Waals surface area contributed by atoms with Gasteiger partial charge in [0.25, 0.3) is 5.91 Å². The van der Waals surface area contributed by atoms with Gasteiger partial charge in [0.2, 0.25) is 0 Å². The third-order valence-corrected chi connectivity index (χ3v) is 3.21. The molecule has 1 aromatic carbocycles. The Hall–Kier alpha value is -1.10. The van der Waals surface area contributed by atoms with Crippen molar-refractivity contribution in [2.45, 2.75) is 6.42 Å². The maximum atomic E-state index is 13.2. The number of benzene rings is 1. The summed E-state index contributed by atoms with van der Waals surface area (Å²) >= 11 is 5.75. The fourth-order valence-corrected chi connectivity index (χ4v) is 2.01. The van der Waals surface area contributed by atoms with E-state index in [9.17, 15) is 9.18 Å². The second kappa shape index (κ2) is 7.48. The minimum atomic E-state index is -0.578. The lowest BCUT2D eigenvalue weighted by molar-refractivity contribution is 0.0956. The van der Waals surface area contributed by atoms with Gasteiger partial charge in [0.15, 0.2) is 0 Å². The average Bonchev–Trinajstić information content (AvgIpc) is 2.40. The number of carbonyl (C=O) groups is 1. The van der Waals surface area contributed by atoms with Crippen LogP contribution in [0.3, 0.4) is 0 Å². The summed E-state index contributed by atoms with van der Waals surface area (Å²) in [5.41, 5.74) is 1.35. The summed E-state index contributed by atoms with van der Waals surface area (Å²) in [5, 5.41) is 5.81. The quantitative estimate of drug-likeness (QED) is 0.843. The molecular formula is C13H15Cl2FN2O. The molecule has 3 nitrogen and oxygen atoms in total. The van der Waals surface area contributed by atoms with Crippen LogP contribution in [0.25, 0.3) is 0 Å². The zero-order valence-corrected chi connectivity index (χ0v) is 11.8. The monoisotopic (exact) mass is 304 g/mol. The molecule has 0 spiro atoms. The molecule has 1 aliphatic heterocycles. The fourth-order valence-electron chi connectivity index (χ4n) is 1.80. The molecule has 0 saturated heterocycles. The summed E-state index contributed by atoms with van der Waals surface area (Å²) in [5.74, 6) is -0.927. The summed E-state index contributed by atoms with van der Waals surface area (Å²) in [6.07, 6.45) is 2.97. The van der Waals surface area contributed by atoms with Crippen LogP contribution in [0.5, 0.6) is 0 Å². The van der Waals surface area contributed by atoms with Gasteiger partial charge in [-0.1, -0.05) is 29.3 Å². The molecular weight excluding hydrogens is 290 g/mol. The summed E-state index contributed by atoms with van der Waals surface area (Å²) in [4.78, 5) is 11.9. The summed E-state index contributed by atoms with van der Waals surface area (Å²) < 4.78 is 13.2. The van der Waals surface area contributed by atoms with Gasteiger partial charge in [-0.25, -0.2) is 4.39 Å². The second-order valence-electron chi connectivity index (χ2n) is 4.10. The summed E-state index contributed by atoms with van der Waals surface area (Å²) in [6, 6.07) is 4.21. The molecule has 1 aromatic rings. The molecule has 104 valence electrons. The van der Waals surface area contributed by atoms with Gasteiger partial charge in [0.1, 0.15) is 5.82 Å². The standard InChI is InChI=1S/C13H14ClFN2O.ClH/c14-12-10(2-1-3-11(12)15)13(18)17-8-9-4-6-16-7-5-9;/h1-4,16H,5-8H2,(H,17,18);1H. The molecule has 1 aliphatic rings. The van der Waals surface area contributed by atoms with Crippen LogP contribution in [0.1, 0.15) is 16.8 Å². The molecule has 0 saturated carbocycles. The van der Waals surface area contributed by atoms with Gasteiger partial charge in [-0.3, -0.25) is 4.79 Å². The number of amides is 1. The Morgan fingerprint density at radius 2 is 2.26 bits per heavy atom. The number of rotatable bonds is 3. The summed E-state index contributed by atoms with van der Waals surface area (Å²) in [6.45, 7) is 2.22. The van der Waals surface area contributed by atoms with Crippen molar-refractivity contribution in [3.05, 3.63) is 46.3 Å². The van der Waals surface area contributed by atoms with Crippen molar-refractivity contribution in [2.75, 3.05) is 19.6 Å². The smallest absolute Gasteiger partial charge is 0.253 e. The Bertz CT molecular complexity index is 492. The van der Waals surface area contributed by atoms with Gasteiger partial charge in [-0.15, -0.1) is 12.4 Å². The lowest BCUT2D eigenvalue weighted by Crippen LogP contribution is -2.29. The molecule has 0 aromatic heterocycles. The number of hydrogen-bond acceptors (Lipinski definition) is 2. The third kappa shape index (κ3) is 4.20. The minimum absolute atomic E-state index is 0. The van der Waals surface area contributed by atoms with E-state index in [0.29, 0.717) is 6.54 Å². The van der Waals surface area contributed by atoms with Gasteiger partial charge >= 0.3 is 0 Å². The van der Waals surface area contributed by atoms with Crippen molar-refractivity contribution in [3.8, 4) is 0 Å². The first-order valence-corrected chi connectivity index (χ1v) is 6.17. The Morgan fingerprint density at radius 1 is 1.47 bits per heavy atom. The normalized spacial score (nSPS) is 14.3. The van der Waals surface area contributed by atoms with Crippen molar-refractivity contribution in [2.24, 2.45) is 0 Å². The van der Waals surface area contributed by atoms with Crippen LogP contribution < -0.4 is 10.6 Å². The van der Waals surface area contributed by atoms with Crippen molar-refractivity contribution in [1.82, 2.24) is 10.6 Å². The van der Waals surface area contributed by atoms with Gasteiger partial charge in [-0.05, 0) is 25.1 Å². The van der Waals surface area contributed by atoms with Crippen molar-refractivity contribution < 1.29 is 9.18 Å². The maximum absolute atomic E-state index is 13.2. The number of nitrogens with one attached hydrogen (secondary N) is 2. The first-order valence-electron chi connectivity index (χ1n) is 5.79. The molecule has 0 aliphatic carbocycles. The molecule has 0 bridgehead atoms. The van der Waals surface area contributed by atoms with Crippen LogP contribution in [0.15, 0.2) is 29.8 Å². The Balaban J connectivity index is 0.00000180. The molecule has 6 heteroatoms. The Morgan fingerprint density at radius 3 is 2.95 bits per heavy atom. The SMILES string of the molecule is Cl.O=C(NCC1=CCNCC1)c1cccc(F)c1Cl. The van der Waals surface area contributed by atoms with E-state index in [4.69, 9.17) is 11.6 Å². The van der Waals surface area contributed by atoms with Gasteiger partial charge < -0.3 is 10.6 Å². The van der Waals surface area contributed by atoms with Crippen LogP contribution in [0.4, 0.5) is 4.39 Å². The molecule has 19 heavy (non-hydrogen) atoms. The lowest BCUT2D eigenvalue weighted by Gasteiger charge is -2.14. The van der Waals surface area contributed by atoms with E-state index in [1.807, 2.05) is 0 Å². The van der Waals surface area contributed by atoms with E-state index in [1.165, 1.54) is 23.8 Å². The highest BCUT2D eigenvalue weighted by Crippen LogP contribution is 2.19. The van der Waals surface area contributed by atoms with Crippen molar-refractivity contribution >= 4 is 29.9 Å². The highest BCUT2D eigenvalue weighted by molar-refractivity contribution is 6.34. The van der Waals surface area contributed by atoms with Gasteiger partial charge in [0.05, 0.1) is 10.6 Å². The molecule has 0 atom stereocenters. The highest BCUT2D eigenvalue weighted by atomic mass is 35.5. The number of hydrogen-bond donors (Lipinski definition) is 2. The zero-order chi connectivity index (χ0) is 13.0. The van der Waals surface area contributed by atoms with E-state index in [1.54, 1.807) is 0 Å². The second-order valence-corrected chi connectivity index (χ2v) is 4.48. The first-order chi connectivity index (χ1) is 8.68. The third-order valence-electron chi connectivity index (χ3n) is 2.83. The number of halogens is 3. The molecule has 0 unspecified atom stereocenters. The predicted molar refractivity (Wildman–Crippen MR) is 76.6 cm³/mol. The first kappa shape index (κ1) is 16.0. The number of carbonyl (C=O) groups excluding carboxylic acids is 1. The maximum Gasteiger partial charge on any atom is 0.253 e. The largest absolute Gasteiger partial charge is 0.348 e. The van der Waals surface area contributed by atoms with Gasteiger partial charge in [-0.2, -0.15) is 0 Å². The van der Waals surface area contributed by atoms with Crippen LogP contribution in [-0.2, 0) is 0 Å². The van der Waals surface area contributed by atoms with Crippen molar-refractivity contribution in [1.29, 1.82) is 0 Å². The van der Waals surface area contributed by atoms with E-state index < -0.39 is 5.82 Å². The molecule has 0 fully saturated rings. The van der Waals surface area contributed by atoms with Crippen LogP contribution in [0.2, 0.25) is 5.02 Å². The van der Waals surface area contributed by atoms with E-state index in [0.717, 1.165) is 19.5 Å². The summed E-state index contributed by atoms with van der Waals surface area (Å²) in [7, 11) is 0. The molecule has 2 N–H and O–H groups in total. The average molecular weight is 305 g/mol. The fraction of sp³-hybridized carbons (Fsp3) is 0.308. The molecule has 1 heterocycles. The molecule has 2 rings (SSSR count). The molecule has 0 radical (unpaired) electrons. The Kier molecular flexibility index (Phi) is 6.28. The van der Waals surface area contributed by atoms with E-state index in [-0.39, 0.29) is 28.9 Å². The zero-order valence-electron chi connectivity index (χ0n) is 10.2. The van der Waals surface area contributed by atoms with E-state index >= 15 is 0 Å². The van der Waals surface area contributed by atoms with Crippen LogP contribution in [0, 0.1) is 5.82 Å².